The Hall–Kier alpha value is -1.05. The molecule has 0 aliphatic heterocycles. The lowest BCUT2D eigenvalue weighted by Crippen LogP contribution is -2.37. The Morgan fingerprint density at radius 2 is 2.18 bits per heavy atom. The van der Waals surface area contributed by atoms with Crippen LogP contribution in [-0.4, -0.2) is 23.4 Å². The zero-order valence-corrected chi connectivity index (χ0v) is 11.9. The maximum atomic E-state index is 12.2. The number of hydrogen-bond donors (Lipinski definition) is 0. The fourth-order valence-corrected chi connectivity index (χ4v) is 2.27. The van der Waals surface area contributed by atoms with Gasteiger partial charge in [0.25, 0.3) is 5.91 Å². The minimum Gasteiger partial charge on any atom is -0.323 e. The Balaban J connectivity index is 3.05. The zero-order valence-electron chi connectivity index (χ0n) is 9.58. The molecule has 90 valence electrons. The molecule has 0 fully saturated rings. The van der Waals surface area contributed by atoms with Crippen LogP contribution in [-0.2, 0) is 0 Å². The molecule has 0 spiro atoms. The van der Waals surface area contributed by atoms with Crippen LogP contribution in [0.15, 0.2) is 22.7 Å². The molecule has 1 amide bonds. The average molecular weight is 316 g/mol. The summed E-state index contributed by atoms with van der Waals surface area (Å²) in [4.78, 5) is 13.7. The van der Waals surface area contributed by atoms with E-state index < -0.39 is 0 Å². The van der Waals surface area contributed by atoms with E-state index in [-0.39, 0.29) is 18.5 Å². The topological polar surface area (TPSA) is 44.1 Å². The van der Waals surface area contributed by atoms with Crippen LogP contribution in [0.1, 0.15) is 24.2 Å². The third-order valence-electron chi connectivity index (χ3n) is 2.23. The summed E-state index contributed by atoms with van der Waals surface area (Å²) in [7, 11) is 0. The van der Waals surface area contributed by atoms with Crippen LogP contribution in [0.2, 0.25) is 5.02 Å². The van der Waals surface area contributed by atoms with Crippen molar-refractivity contribution in [2.24, 2.45) is 0 Å². The molecule has 0 atom stereocenters. The summed E-state index contributed by atoms with van der Waals surface area (Å²) in [5.74, 6) is -0.190. The van der Waals surface area contributed by atoms with Crippen molar-refractivity contribution in [3.8, 4) is 6.07 Å². The summed E-state index contributed by atoms with van der Waals surface area (Å²) in [5, 5.41) is 9.20. The van der Waals surface area contributed by atoms with Crippen molar-refractivity contribution in [2.75, 3.05) is 6.54 Å². The largest absolute Gasteiger partial charge is 0.323 e. The molecule has 0 radical (unpaired) electrons. The van der Waals surface area contributed by atoms with Crippen molar-refractivity contribution in [1.29, 1.82) is 5.26 Å². The van der Waals surface area contributed by atoms with Crippen LogP contribution >= 0.6 is 27.5 Å². The third kappa shape index (κ3) is 3.72. The van der Waals surface area contributed by atoms with Crippen molar-refractivity contribution < 1.29 is 4.79 Å². The molecule has 0 aromatic heterocycles. The minimum absolute atomic E-state index is 0.0279. The predicted octanol–water partition coefficient (Wildman–Crippen LogP) is 3.48. The van der Waals surface area contributed by atoms with Gasteiger partial charge in [0.05, 0.1) is 6.07 Å². The van der Waals surface area contributed by atoms with Gasteiger partial charge in [-0.25, -0.2) is 0 Å². The van der Waals surface area contributed by atoms with E-state index in [0.717, 1.165) is 4.47 Å². The number of carbonyl (C=O) groups is 1. The van der Waals surface area contributed by atoms with Crippen molar-refractivity contribution in [2.45, 2.75) is 19.9 Å². The van der Waals surface area contributed by atoms with E-state index in [1.54, 1.807) is 18.2 Å². The number of halogens is 2. The highest BCUT2D eigenvalue weighted by atomic mass is 79.9. The Morgan fingerprint density at radius 3 is 2.65 bits per heavy atom. The van der Waals surface area contributed by atoms with Gasteiger partial charge in [-0.1, -0.05) is 27.5 Å². The van der Waals surface area contributed by atoms with E-state index in [4.69, 9.17) is 16.9 Å². The molecule has 0 aliphatic rings. The molecular weight excluding hydrogens is 304 g/mol. The molecule has 0 unspecified atom stereocenters. The highest BCUT2D eigenvalue weighted by molar-refractivity contribution is 9.10. The van der Waals surface area contributed by atoms with E-state index in [0.29, 0.717) is 10.6 Å². The van der Waals surface area contributed by atoms with Gasteiger partial charge in [0.1, 0.15) is 6.54 Å². The Bertz CT molecular complexity index is 448. The number of hydrogen-bond acceptors (Lipinski definition) is 2. The van der Waals surface area contributed by atoms with Gasteiger partial charge in [-0.05, 0) is 32.0 Å². The second-order valence-corrected chi connectivity index (χ2v) is 5.20. The van der Waals surface area contributed by atoms with Crippen LogP contribution in [0, 0.1) is 11.3 Å². The monoisotopic (exact) mass is 314 g/mol. The van der Waals surface area contributed by atoms with Gasteiger partial charge in [0.2, 0.25) is 0 Å². The van der Waals surface area contributed by atoms with E-state index >= 15 is 0 Å². The first-order valence-electron chi connectivity index (χ1n) is 5.09. The predicted molar refractivity (Wildman–Crippen MR) is 70.9 cm³/mol. The van der Waals surface area contributed by atoms with E-state index in [1.807, 2.05) is 19.9 Å². The first-order valence-corrected chi connectivity index (χ1v) is 6.26. The van der Waals surface area contributed by atoms with Crippen LogP contribution in [0.3, 0.4) is 0 Å². The smallest absolute Gasteiger partial charge is 0.255 e. The molecule has 5 heteroatoms. The maximum absolute atomic E-state index is 12.2. The summed E-state index contributed by atoms with van der Waals surface area (Å²) in [6, 6.07) is 6.97. The quantitative estimate of drug-likeness (QED) is 0.802. The summed E-state index contributed by atoms with van der Waals surface area (Å²) in [5.41, 5.74) is 0.480. The lowest BCUT2D eigenvalue weighted by Gasteiger charge is -2.24. The van der Waals surface area contributed by atoms with Crippen LogP contribution in [0.4, 0.5) is 0 Å². The number of nitriles is 1. The Kier molecular flexibility index (Phi) is 4.98. The molecule has 1 rings (SSSR count). The van der Waals surface area contributed by atoms with Crippen molar-refractivity contribution in [1.82, 2.24) is 4.90 Å². The second kappa shape index (κ2) is 6.04. The molecule has 17 heavy (non-hydrogen) atoms. The molecule has 1 aromatic carbocycles. The molecule has 0 aliphatic carbocycles. The number of rotatable bonds is 3. The van der Waals surface area contributed by atoms with Gasteiger partial charge in [0.15, 0.2) is 0 Å². The standard InChI is InChI=1S/C12H12BrClN2O/c1-8(2)16(4-3-15)12(17)9-5-10(13)7-11(14)6-9/h5-8H,4H2,1-2H3. The van der Waals surface area contributed by atoms with Crippen LogP contribution in [0.25, 0.3) is 0 Å². The lowest BCUT2D eigenvalue weighted by atomic mass is 10.1. The number of carbonyl (C=O) groups excluding carboxylic acids is 1. The van der Waals surface area contributed by atoms with Gasteiger partial charge in [-0.3, -0.25) is 4.79 Å². The number of nitrogens with zero attached hydrogens (tertiary/aromatic N) is 2. The van der Waals surface area contributed by atoms with Crippen molar-refractivity contribution in [3.63, 3.8) is 0 Å². The molecule has 0 N–H and O–H groups in total. The van der Waals surface area contributed by atoms with Gasteiger partial charge in [-0.2, -0.15) is 5.26 Å². The normalized spacial score (nSPS) is 10.1. The first-order chi connectivity index (χ1) is 7.95. The Morgan fingerprint density at radius 1 is 1.53 bits per heavy atom. The highest BCUT2D eigenvalue weighted by Crippen LogP contribution is 2.21. The van der Waals surface area contributed by atoms with E-state index in [1.165, 1.54) is 4.90 Å². The van der Waals surface area contributed by atoms with E-state index in [2.05, 4.69) is 15.9 Å². The minimum atomic E-state index is -0.190. The lowest BCUT2D eigenvalue weighted by molar-refractivity contribution is 0.0731. The summed E-state index contributed by atoms with van der Waals surface area (Å²) < 4.78 is 0.744. The maximum Gasteiger partial charge on any atom is 0.255 e. The van der Waals surface area contributed by atoms with E-state index in [9.17, 15) is 4.79 Å². The van der Waals surface area contributed by atoms with Gasteiger partial charge >= 0.3 is 0 Å². The molecular formula is C12H12BrClN2O. The number of amides is 1. The Labute approximate surface area is 114 Å². The third-order valence-corrected chi connectivity index (χ3v) is 2.91. The van der Waals surface area contributed by atoms with Crippen molar-refractivity contribution >= 4 is 33.4 Å². The number of benzene rings is 1. The van der Waals surface area contributed by atoms with Gasteiger partial charge in [0, 0.05) is 21.1 Å². The highest BCUT2D eigenvalue weighted by Gasteiger charge is 2.18. The summed E-state index contributed by atoms with van der Waals surface area (Å²) in [6.45, 7) is 3.81. The van der Waals surface area contributed by atoms with Gasteiger partial charge in [-0.15, -0.1) is 0 Å². The summed E-state index contributed by atoms with van der Waals surface area (Å²) >= 11 is 9.18. The van der Waals surface area contributed by atoms with Crippen LogP contribution in [0.5, 0.6) is 0 Å². The fourth-order valence-electron chi connectivity index (χ4n) is 1.41. The van der Waals surface area contributed by atoms with Crippen LogP contribution < -0.4 is 0 Å². The second-order valence-electron chi connectivity index (χ2n) is 3.84. The SMILES string of the molecule is CC(C)N(CC#N)C(=O)c1cc(Cl)cc(Br)c1. The van der Waals surface area contributed by atoms with Crippen molar-refractivity contribution in [3.05, 3.63) is 33.3 Å². The molecule has 0 saturated heterocycles. The first kappa shape index (κ1) is 14.0. The molecule has 3 nitrogen and oxygen atoms in total. The molecule has 0 bridgehead atoms. The summed E-state index contributed by atoms with van der Waals surface area (Å²) in [6.07, 6.45) is 0. The zero-order chi connectivity index (χ0) is 13.0. The molecule has 1 aromatic rings. The average Bonchev–Trinajstić information content (AvgIpc) is 2.23. The molecule has 0 heterocycles. The molecule has 0 saturated carbocycles. The van der Waals surface area contributed by atoms with Gasteiger partial charge < -0.3 is 4.90 Å². The fraction of sp³-hybridized carbons (Fsp3) is 0.333.